The second-order valence-corrected chi connectivity index (χ2v) is 6.69. The first-order valence-corrected chi connectivity index (χ1v) is 8.09. The SMILES string of the molecule is CCc1cc(O)c2cc(C)sc2c1/N=N/c1cccs1. The fraction of sp³-hybridized carbons (Fsp3) is 0.200. The van der Waals surface area contributed by atoms with Gasteiger partial charge >= 0.3 is 0 Å². The van der Waals surface area contributed by atoms with Gasteiger partial charge in [0.25, 0.3) is 0 Å². The van der Waals surface area contributed by atoms with Crippen LogP contribution in [-0.2, 0) is 6.42 Å². The number of phenols is 1. The van der Waals surface area contributed by atoms with Crippen LogP contribution in [0.4, 0.5) is 10.7 Å². The third kappa shape index (κ3) is 2.34. The Balaban J connectivity index is 2.19. The molecule has 1 aromatic carbocycles. The second-order valence-electron chi connectivity index (χ2n) is 4.51. The minimum Gasteiger partial charge on any atom is -0.507 e. The third-order valence-electron chi connectivity index (χ3n) is 3.10. The van der Waals surface area contributed by atoms with Gasteiger partial charge < -0.3 is 5.11 Å². The number of nitrogens with zero attached hydrogens (tertiary/aromatic N) is 2. The molecule has 0 amide bonds. The Kier molecular flexibility index (Phi) is 3.54. The number of fused-ring (bicyclic) bond motifs is 1. The Hall–Kier alpha value is -1.72. The lowest BCUT2D eigenvalue weighted by Gasteiger charge is -2.05. The topological polar surface area (TPSA) is 45.0 Å². The molecule has 0 saturated carbocycles. The van der Waals surface area contributed by atoms with E-state index in [2.05, 4.69) is 17.2 Å². The summed E-state index contributed by atoms with van der Waals surface area (Å²) >= 11 is 3.21. The summed E-state index contributed by atoms with van der Waals surface area (Å²) in [5, 5.41) is 22.6. The molecule has 0 saturated heterocycles. The standard InChI is InChI=1S/C15H14N2OS2/c1-3-10-8-12(18)11-7-9(2)20-15(11)14(10)17-16-13-5-4-6-19-13/h4-8,18H,3H2,1-2H3/b17-16+. The maximum Gasteiger partial charge on any atom is 0.138 e. The van der Waals surface area contributed by atoms with Crippen molar-refractivity contribution in [3.63, 3.8) is 0 Å². The maximum absolute atomic E-state index is 10.1. The number of phenolic OH excluding ortho intramolecular Hbond substituents is 1. The number of benzene rings is 1. The average molecular weight is 302 g/mol. The highest BCUT2D eigenvalue weighted by Gasteiger charge is 2.13. The molecular formula is C15H14N2OS2. The van der Waals surface area contributed by atoms with Crippen molar-refractivity contribution in [2.24, 2.45) is 10.2 Å². The molecule has 102 valence electrons. The van der Waals surface area contributed by atoms with E-state index in [1.54, 1.807) is 28.7 Å². The Bertz CT molecular complexity index is 773. The summed E-state index contributed by atoms with van der Waals surface area (Å²) < 4.78 is 1.01. The van der Waals surface area contributed by atoms with E-state index < -0.39 is 0 Å². The quantitative estimate of drug-likeness (QED) is 0.596. The summed E-state index contributed by atoms with van der Waals surface area (Å²) in [5.41, 5.74) is 1.91. The van der Waals surface area contributed by atoms with E-state index in [9.17, 15) is 5.11 Å². The van der Waals surface area contributed by atoms with Gasteiger partial charge in [-0.1, -0.05) is 6.92 Å². The van der Waals surface area contributed by atoms with Gasteiger partial charge in [-0.3, -0.25) is 0 Å². The van der Waals surface area contributed by atoms with Crippen LogP contribution in [0.15, 0.2) is 39.9 Å². The molecular weight excluding hydrogens is 288 g/mol. The van der Waals surface area contributed by atoms with Crippen molar-refractivity contribution in [2.75, 3.05) is 0 Å². The summed E-state index contributed by atoms with van der Waals surface area (Å²) in [6, 6.07) is 7.70. The van der Waals surface area contributed by atoms with Gasteiger partial charge in [0.15, 0.2) is 0 Å². The first-order valence-electron chi connectivity index (χ1n) is 6.39. The van der Waals surface area contributed by atoms with Gasteiger partial charge in [0.2, 0.25) is 0 Å². The second kappa shape index (κ2) is 5.34. The van der Waals surface area contributed by atoms with E-state index in [0.717, 1.165) is 37.6 Å². The van der Waals surface area contributed by atoms with Gasteiger partial charge in [-0.15, -0.1) is 32.9 Å². The molecule has 3 aromatic rings. The number of thiophene rings is 2. The minimum absolute atomic E-state index is 0.330. The molecule has 5 heteroatoms. The summed E-state index contributed by atoms with van der Waals surface area (Å²) in [5.74, 6) is 0.330. The molecule has 0 bridgehead atoms. The Morgan fingerprint density at radius 3 is 2.80 bits per heavy atom. The van der Waals surface area contributed by atoms with E-state index >= 15 is 0 Å². The van der Waals surface area contributed by atoms with Crippen molar-refractivity contribution in [1.82, 2.24) is 0 Å². The third-order valence-corrected chi connectivity index (χ3v) is 4.91. The first kappa shape index (κ1) is 13.3. The highest BCUT2D eigenvalue weighted by atomic mass is 32.1. The van der Waals surface area contributed by atoms with Gasteiger partial charge in [0, 0.05) is 10.3 Å². The fourth-order valence-corrected chi connectivity index (χ4v) is 3.73. The van der Waals surface area contributed by atoms with E-state index in [-0.39, 0.29) is 0 Å². The summed E-state index contributed by atoms with van der Waals surface area (Å²) in [4.78, 5) is 1.16. The Labute approximate surface area is 125 Å². The van der Waals surface area contributed by atoms with E-state index in [4.69, 9.17) is 0 Å². The van der Waals surface area contributed by atoms with E-state index in [1.807, 2.05) is 30.5 Å². The summed E-state index contributed by atoms with van der Waals surface area (Å²) in [6.45, 7) is 4.10. The molecule has 0 aliphatic rings. The monoisotopic (exact) mass is 302 g/mol. The lowest BCUT2D eigenvalue weighted by molar-refractivity contribution is 0.481. The number of azo groups is 1. The highest BCUT2D eigenvalue weighted by molar-refractivity contribution is 7.19. The predicted octanol–water partition coefficient (Wildman–Crippen LogP) is 5.95. The molecule has 0 aliphatic carbocycles. The molecule has 0 fully saturated rings. The maximum atomic E-state index is 10.1. The minimum atomic E-state index is 0.330. The molecule has 3 nitrogen and oxygen atoms in total. The van der Waals surface area contributed by atoms with Crippen LogP contribution in [0.5, 0.6) is 5.75 Å². The Morgan fingerprint density at radius 2 is 2.10 bits per heavy atom. The van der Waals surface area contributed by atoms with Crippen LogP contribution in [0.25, 0.3) is 10.1 Å². The summed E-state index contributed by atoms with van der Waals surface area (Å²) in [7, 11) is 0. The zero-order valence-corrected chi connectivity index (χ0v) is 12.9. The largest absolute Gasteiger partial charge is 0.507 e. The van der Waals surface area contributed by atoms with Crippen LogP contribution in [-0.4, -0.2) is 5.11 Å². The van der Waals surface area contributed by atoms with Crippen LogP contribution in [0, 0.1) is 6.92 Å². The number of aryl methyl sites for hydroxylation is 2. The molecule has 0 spiro atoms. The Morgan fingerprint density at radius 1 is 1.25 bits per heavy atom. The highest BCUT2D eigenvalue weighted by Crippen LogP contribution is 2.42. The smallest absolute Gasteiger partial charge is 0.138 e. The zero-order chi connectivity index (χ0) is 14.1. The van der Waals surface area contributed by atoms with Gasteiger partial charge in [-0.05, 0) is 48.6 Å². The average Bonchev–Trinajstić information content (AvgIpc) is 3.06. The van der Waals surface area contributed by atoms with Crippen LogP contribution in [0.2, 0.25) is 0 Å². The lowest BCUT2D eigenvalue weighted by atomic mass is 10.1. The van der Waals surface area contributed by atoms with Crippen molar-refractivity contribution in [1.29, 1.82) is 0 Å². The van der Waals surface area contributed by atoms with Crippen molar-refractivity contribution in [3.8, 4) is 5.75 Å². The van der Waals surface area contributed by atoms with Gasteiger partial charge in [0.05, 0.1) is 4.70 Å². The molecule has 3 rings (SSSR count). The van der Waals surface area contributed by atoms with Crippen molar-refractivity contribution >= 4 is 43.4 Å². The van der Waals surface area contributed by atoms with Crippen molar-refractivity contribution in [3.05, 3.63) is 40.1 Å². The first-order chi connectivity index (χ1) is 9.69. The van der Waals surface area contributed by atoms with Crippen LogP contribution >= 0.6 is 22.7 Å². The van der Waals surface area contributed by atoms with Gasteiger partial charge in [0.1, 0.15) is 16.4 Å². The number of hydrogen-bond donors (Lipinski definition) is 1. The molecule has 2 aromatic heterocycles. The molecule has 1 N–H and O–H groups in total. The molecule has 0 radical (unpaired) electrons. The molecule has 0 unspecified atom stereocenters. The predicted molar refractivity (Wildman–Crippen MR) is 86.1 cm³/mol. The number of hydrogen-bond acceptors (Lipinski definition) is 5. The van der Waals surface area contributed by atoms with Crippen LogP contribution in [0.3, 0.4) is 0 Å². The van der Waals surface area contributed by atoms with E-state index in [0.29, 0.717) is 5.75 Å². The normalized spacial score (nSPS) is 11.7. The van der Waals surface area contributed by atoms with Gasteiger partial charge in [-0.2, -0.15) is 0 Å². The molecule has 20 heavy (non-hydrogen) atoms. The van der Waals surface area contributed by atoms with Crippen molar-refractivity contribution < 1.29 is 5.11 Å². The molecule has 0 atom stereocenters. The summed E-state index contributed by atoms with van der Waals surface area (Å²) in [6.07, 6.45) is 0.819. The van der Waals surface area contributed by atoms with E-state index in [1.165, 1.54) is 0 Å². The van der Waals surface area contributed by atoms with Gasteiger partial charge in [-0.25, -0.2) is 0 Å². The van der Waals surface area contributed by atoms with Crippen LogP contribution in [0.1, 0.15) is 17.4 Å². The zero-order valence-electron chi connectivity index (χ0n) is 11.3. The lowest BCUT2D eigenvalue weighted by Crippen LogP contribution is -1.82. The fourth-order valence-electron chi connectivity index (χ4n) is 2.14. The molecule has 0 aliphatic heterocycles. The number of aromatic hydroxyl groups is 1. The van der Waals surface area contributed by atoms with Crippen LogP contribution < -0.4 is 0 Å². The molecule has 2 heterocycles. The number of rotatable bonds is 3. The van der Waals surface area contributed by atoms with Crippen molar-refractivity contribution in [2.45, 2.75) is 20.3 Å².